The highest BCUT2D eigenvalue weighted by Crippen LogP contribution is 2.58. The van der Waals surface area contributed by atoms with E-state index in [0.29, 0.717) is 22.4 Å². The molecule has 0 aromatic heterocycles. The van der Waals surface area contributed by atoms with E-state index in [9.17, 15) is 0 Å². The highest BCUT2D eigenvalue weighted by molar-refractivity contribution is 6.30. The fraction of sp³-hybridized carbons (Fsp3) is 0.786. The van der Waals surface area contributed by atoms with Gasteiger partial charge in [-0.05, 0) is 49.0 Å². The van der Waals surface area contributed by atoms with E-state index in [1.165, 1.54) is 18.4 Å². The molecule has 1 saturated carbocycles. The van der Waals surface area contributed by atoms with Gasteiger partial charge >= 0.3 is 0 Å². The monoisotopic (exact) mass is 241 g/mol. The van der Waals surface area contributed by atoms with Gasteiger partial charge in [-0.2, -0.15) is 0 Å². The number of hydrogen-bond donors (Lipinski definition) is 0. The molecule has 92 valence electrons. The Bertz CT molecular complexity index is 298. The van der Waals surface area contributed by atoms with Crippen molar-refractivity contribution in [3.05, 3.63) is 10.7 Å². The SMILES string of the molecule is CCC(C)/C=N\C(Cl)=C(/C)C1(C(C)C)CC1. The first-order chi connectivity index (χ1) is 7.44. The Kier molecular flexibility index (Phi) is 4.61. The maximum absolute atomic E-state index is 6.28. The average Bonchev–Trinajstić information content (AvgIpc) is 3.05. The van der Waals surface area contributed by atoms with Crippen LogP contribution >= 0.6 is 11.6 Å². The lowest BCUT2D eigenvalue weighted by Gasteiger charge is -2.21. The van der Waals surface area contributed by atoms with Gasteiger partial charge in [-0.1, -0.05) is 39.3 Å². The van der Waals surface area contributed by atoms with E-state index < -0.39 is 0 Å². The third-order valence-corrected chi connectivity index (χ3v) is 4.42. The maximum Gasteiger partial charge on any atom is 0.128 e. The summed E-state index contributed by atoms with van der Waals surface area (Å²) in [6.07, 6.45) is 5.63. The van der Waals surface area contributed by atoms with Crippen molar-refractivity contribution in [1.29, 1.82) is 0 Å². The fourth-order valence-electron chi connectivity index (χ4n) is 2.12. The fourth-order valence-corrected chi connectivity index (χ4v) is 2.36. The largest absolute Gasteiger partial charge is 0.249 e. The molecule has 16 heavy (non-hydrogen) atoms. The first-order valence-electron chi connectivity index (χ1n) is 6.35. The Labute approximate surface area is 105 Å². The van der Waals surface area contributed by atoms with Crippen LogP contribution in [0.1, 0.15) is 53.9 Å². The second-order valence-electron chi connectivity index (χ2n) is 5.39. The van der Waals surface area contributed by atoms with E-state index in [4.69, 9.17) is 11.6 Å². The molecule has 1 atom stereocenters. The molecule has 2 heteroatoms. The molecule has 0 aromatic rings. The zero-order valence-electron chi connectivity index (χ0n) is 11.2. The molecule has 0 saturated heterocycles. The molecule has 0 radical (unpaired) electrons. The molecule has 0 aromatic carbocycles. The minimum atomic E-state index is 0.351. The van der Waals surface area contributed by atoms with Crippen LogP contribution in [0.5, 0.6) is 0 Å². The topological polar surface area (TPSA) is 12.4 Å². The zero-order valence-corrected chi connectivity index (χ0v) is 11.9. The number of rotatable bonds is 5. The molecule has 0 spiro atoms. The van der Waals surface area contributed by atoms with Crippen LogP contribution in [0.25, 0.3) is 0 Å². The maximum atomic E-state index is 6.28. The van der Waals surface area contributed by atoms with E-state index in [2.05, 4.69) is 39.6 Å². The van der Waals surface area contributed by atoms with Crippen molar-refractivity contribution in [2.45, 2.75) is 53.9 Å². The van der Waals surface area contributed by atoms with E-state index in [-0.39, 0.29) is 0 Å². The first kappa shape index (κ1) is 13.8. The average molecular weight is 242 g/mol. The first-order valence-corrected chi connectivity index (χ1v) is 6.73. The Hall–Kier alpha value is -0.300. The van der Waals surface area contributed by atoms with Crippen molar-refractivity contribution in [2.75, 3.05) is 0 Å². The minimum absolute atomic E-state index is 0.351. The van der Waals surface area contributed by atoms with Crippen molar-refractivity contribution in [1.82, 2.24) is 0 Å². The normalized spacial score (nSPS) is 22.4. The van der Waals surface area contributed by atoms with Crippen molar-refractivity contribution >= 4 is 17.8 Å². The van der Waals surface area contributed by atoms with Crippen LogP contribution in [0.2, 0.25) is 0 Å². The summed E-state index contributed by atoms with van der Waals surface area (Å²) in [7, 11) is 0. The molecule has 0 aliphatic heterocycles. The summed E-state index contributed by atoms with van der Waals surface area (Å²) in [5.74, 6) is 1.18. The van der Waals surface area contributed by atoms with Gasteiger partial charge in [0.1, 0.15) is 5.16 Å². The van der Waals surface area contributed by atoms with Crippen LogP contribution < -0.4 is 0 Å². The van der Waals surface area contributed by atoms with Gasteiger partial charge in [0.25, 0.3) is 0 Å². The van der Waals surface area contributed by atoms with E-state index >= 15 is 0 Å². The number of allylic oxidation sites excluding steroid dienone is 1. The van der Waals surface area contributed by atoms with Crippen LogP contribution in [0.4, 0.5) is 0 Å². The Balaban J connectivity index is 2.77. The van der Waals surface area contributed by atoms with E-state index in [0.717, 1.165) is 6.42 Å². The Morgan fingerprint density at radius 2 is 1.94 bits per heavy atom. The molecule has 0 N–H and O–H groups in total. The van der Waals surface area contributed by atoms with Gasteiger partial charge in [-0.15, -0.1) is 0 Å². The molecule has 0 bridgehead atoms. The minimum Gasteiger partial charge on any atom is -0.249 e. The second-order valence-corrected chi connectivity index (χ2v) is 5.75. The van der Waals surface area contributed by atoms with Gasteiger partial charge in [0.05, 0.1) is 0 Å². The van der Waals surface area contributed by atoms with Crippen LogP contribution in [0.3, 0.4) is 0 Å². The molecule has 1 aliphatic rings. The third-order valence-electron chi connectivity index (χ3n) is 4.04. The lowest BCUT2D eigenvalue weighted by molar-refractivity contribution is 0.420. The van der Waals surface area contributed by atoms with Gasteiger partial charge in [0.2, 0.25) is 0 Å². The molecular weight excluding hydrogens is 218 g/mol. The molecular formula is C14H24ClN. The van der Waals surface area contributed by atoms with E-state index in [1.54, 1.807) is 0 Å². The summed E-state index contributed by atoms with van der Waals surface area (Å²) in [5, 5.41) is 0.714. The third kappa shape index (κ3) is 2.88. The number of halogens is 1. The van der Waals surface area contributed by atoms with Crippen molar-refractivity contribution in [3.63, 3.8) is 0 Å². The molecule has 1 rings (SSSR count). The lowest BCUT2D eigenvalue weighted by atomic mass is 9.86. The van der Waals surface area contributed by atoms with Gasteiger partial charge in [-0.3, -0.25) is 0 Å². The second kappa shape index (κ2) is 5.35. The van der Waals surface area contributed by atoms with Crippen LogP contribution in [-0.2, 0) is 0 Å². The summed E-state index contributed by atoms with van der Waals surface area (Å²) in [6.45, 7) is 11.0. The Morgan fingerprint density at radius 3 is 2.31 bits per heavy atom. The summed E-state index contributed by atoms with van der Waals surface area (Å²) >= 11 is 6.28. The highest BCUT2D eigenvalue weighted by Gasteiger charge is 2.47. The van der Waals surface area contributed by atoms with Crippen molar-refractivity contribution in [2.24, 2.45) is 22.2 Å². The predicted molar refractivity (Wildman–Crippen MR) is 73.0 cm³/mol. The van der Waals surface area contributed by atoms with Crippen LogP contribution in [0, 0.1) is 17.3 Å². The number of aliphatic imine (C=N–C) groups is 1. The quantitative estimate of drug-likeness (QED) is 0.474. The zero-order chi connectivity index (χ0) is 12.3. The molecule has 1 unspecified atom stereocenters. The van der Waals surface area contributed by atoms with Crippen molar-refractivity contribution < 1.29 is 0 Å². The van der Waals surface area contributed by atoms with Gasteiger partial charge < -0.3 is 0 Å². The van der Waals surface area contributed by atoms with Gasteiger partial charge in [0.15, 0.2) is 0 Å². The van der Waals surface area contributed by atoms with Crippen molar-refractivity contribution in [3.8, 4) is 0 Å². The van der Waals surface area contributed by atoms with E-state index in [1.807, 2.05) is 6.21 Å². The summed E-state index contributed by atoms with van der Waals surface area (Å²) in [5.41, 5.74) is 1.63. The molecule has 1 nitrogen and oxygen atoms in total. The molecule has 0 amide bonds. The molecule has 1 fully saturated rings. The summed E-state index contributed by atoms with van der Waals surface area (Å²) < 4.78 is 0. The Morgan fingerprint density at radius 1 is 1.38 bits per heavy atom. The smallest absolute Gasteiger partial charge is 0.128 e. The number of nitrogens with zero attached hydrogens (tertiary/aromatic N) is 1. The standard InChI is InChI=1S/C14H24ClN/c1-6-11(4)9-16-13(15)12(5)14(7-8-14)10(2)3/h9-11H,6-8H2,1-5H3/b13-12+,16-9-. The molecule has 0 heterocycles. The van der Waals surface area contributed by atoms with Gasteiger partial charge in [-0.25, -0.2) is 4.99 Å². The highest BCUT2D eigenvalue weighted by atomic mass is 35.5. The molecule has 1 aliphatic carbocycles. The lowest BCUT2D eigenvalue weighted by Crippen LogP contribution is -2.11. The number of hydrogen-bond acceptors (Lipinski definition) is 1. The summed E-state index contributed by atoms with van der Waals surface area (Å²) in [6, 6.07) is 0. The predicted octanol–water partition coefficient (Wildman–Crippen LogP) is 5.01. The van der Waals surface area contributed by atoms with Crippen LogP contribution in [-0.4, -0.2) is 6.21 Å². The van der Waals surface area contributed by atoms with Crippen LogP contribution in [0.15, 0.2) is 15.7 Å². The van der Waals surface area contributed by atoms with Gasteiger partial charge in [0, 0.05) is 6.21 Å². The summed E-state index contributed by atoms with van der Waals surface area (Å²) in [4.78, 5) is 4.40.